The van der Waals surface area contributed by atoms with Crippen LogP contribution in [0.2, 0.25) is 5.02 Å². The van der Waals surface area contributed by atoms with Crippen LogP contribution in [0, 0.1) is 5.82 Å². The number of likely N-dealkylation sites (N-methyl/N-ethyl adjacent to an activating group) is 1. The topological polar surface area (TPSA) is 79.4 Å². The average molecular weight is 512 g/mol. The van der Waals surface area contributed by atoms with Crippen molar-refractivity contribution in [2.75, 3.05) is 37.9 Å². The molecule has 7 nitrogen and oxygen atoms in total. The monoisotopic (exact) mass is 511 g/mol. The molecule has 1 amide bonds. The van der Waals surface area contributed by atoms with Crippen molar-refractivity contribution < 1.29 is 13.9 Å². The van der Waals surface area contributed by atoms with Gasteiger partial charge in [-0.05, 0) is 68.6 Å². The van der Waals surface area contributed by atoms with Crippen molar-refractivity contribution in [2.24, 2.45) is 0 Å². The van der Waals surface area contributed by atoms with E-state index in [1.165, 1.54) is 24.9 Å². The summed E-state index contributed by atoms with van der Waals surface area (Å²) in [6.07, 6.45) is 8.23. The Hall–Kier alpha value is -3.07. The summed E-state index contributed by atoms with van der Waals surface area (Å²) in [6.45, 7) is 3.33. The van der Waals surface area contributed by atoms with Crippen molar-refractivity contribution in [1.82, 2.24) is 14.9 Å². The van der Waals surface area contributed by atoms with E-state index in [0.717, 1.165) is 35.0 Å². The Morgan fingerprint density at radius 1 is 1.31 bits per heavy atom. The third-order valence-electron chi connectivity index (χ3n) is 6.61. The molecule has 1 fully saturated rings. The highest BCUT2D eigenvalue weighted by atomic mass is 35.5. The molecule has 1 aliphatic rings. The Labute approximate surface area is 215 Å². The first-order valence-electron chi connectivity index (χ1n) is 12.0. The van der Waals surface area contributed by atoms with Crippen molar-refractivity contribution in [3.05, 3.63) is 65.2 Å². The van der Waals surface area contributed by atoms with Crippen LogP contribution in [-0.4, -0.2) is 54.1 Å². The summed E-state index contributed by atoms with van der Waals surface area (Å²) in [4.78, 5) is 23.8. The molecule has 0 unspecified atom stereocenters. The number of nitrogens with one attached hydrogen (secondary N) is 2. The van der Waals surface area contributed by atoms with Crippen LogP contribution < -0.4 is 10.6 Å². The van der Waals surface area contributed by atoms with Crippen LogP contribution in [0.25, 0.3) is 10.9 Å². The predicted molar refractivity (Wildman–Crippen MR) is 143 cm³/mol. The number of hydrogen-bond donors (Lipinski definition) is 2. The summed E-state index contributed by atoms with van der Waals surface area (Å²) in [7, 11) is 3.67. The maximum Gasteiger partial charge on any atom is 0.248 e. The Kier molecular flexibility index (Phi) is 8.51. The number of carbonyl (C=O) groups is 1. The molecule has 190 valence electrons. The third-order valence-corrected chi connectivity index (χ3v) is 6.90. The maximum absolute atomic E-state index is 13.6. The summed E-state index contributed by atoms with van der Waals surface area (Å²) in [5, 5.41) is 7.02. The first-order chi connectivity index (χ1) is 17.4. The number of amides is 1. The summed E-state index contributed by atoms with van der Waals surface area (Å²) in [5.41, 5.74) is 3.20. The number of anilines is 3. The van der Waals surface area contributed by atoms with E-state index in [1.807, 2.05) is 25.3 Å². The van der Waals surface area contributed by atoms with Gasteiger partial charge in [0.1, 0.15) is 18.0 Å². The molecule has 36 heavy (non-hydrogen) atoms. The van der Waals surface area contributed by atoms with Crippen molar-refractivity contribution in [1.29, 1.82) is 0 Å². The standard InChI is InChI=1S/C27H31ClFN5O2/c1-17(15-36-3)34(2)11-5-8-26(35)33-25-14-21-24(13-20(25)18-6-4-7-18)30-16-31-27(21)32-19-9-10-23(29)22(28)12-19/h5,8-10,12-14,16-18H,4,6-7,11,15H2,1-3H3,(H,33,35)(H,30,31,32)/t17-/m0/s1. The van der Waals surface area contributed by atoms with Gasteiger partial charge in [0.05, 0.1) is 17.1 Å². The minimum atomic E-state index is -0.489. The second-order valence-corrected chi connectivity index (χ2v) is 9.60. The zero-order valence-corrected chi connectivity index (χ0v) is 21.5. The van der Waals surface area contributed by atoms with Gasteiger partial charge in [0.2, 0.25) is 5.91 Å². The van der Waals surface area contributed by atoms with Crippen molar-refractivity contribution in [3.8, 4) is 0 Å². The highest BCUT2D eigenvalue weighted by Gasteiger charge is 2.24. The molecule has 1 atom stereocenters. The zero-order chi connectivity index (χ0) is 25.7. The van der Waals surface area contributed by atoms with Gasteiger partial charge in [-0.1, -0.05) is 24.1 Å². The molecule has 1 heterocycles. The average Bonchev–Trinajstić information content (AvgIpc) is 2.81. The quantitative estimate of drug-likeness (QED) is 0.330. The lowest BCUT2D eigenvalue weighted by molar-refractivity contribution is -0.111. The van der Waals surface area contributed by atoms with E-state index in [9.17, 15) is 9.18 Å². The van der Waals surface area contributed by atoms with Crippen LogP contribution in [0.5, 0.6) is 0 Å². The molecule has 0 saturated heterocycles. The summed E-state index contributed by atoms with van der Waals surface area (Å²) in [5.74, 6) is 0.247. The highest BCUT2D eigenvalue weighted by molar-refractivity contribution is 6.31. The summed E-state index contributed by atoms with van der Waals surface area (Å²) in [6, 6.07) is 8.59. The molecule has 2 aromatic carbocycles. The molecule has 0 spiro atoms. The smallest absolute Gasteiger partial charge is 0.248 e. The molecule has 0 aliphatic heterocycles. The fraction of sp³-hybridized carbons (Fsp3) is 0.370. The molecule has 1 aliphatic carbocycles. The van der Waals surface area contributed by atoms with Crippen LogP contribution >= 0.6 is 11.6 Å². The van der Waals surface area contributed by atoms with E-state index in [2.05, 4.69) is 32.4 Å². The molecular formula is C27H31ClFN5O2. The fourth-order valence-electron chi connectivity index (χ4n) is 4.14. The van der Waals surface area contributed by atoms with Crippen LogP contribution in [0.1, 0.15) is 37.7 Å². The van der Waals surface area contributed by atoms with Crippen LogP contribution in [-0.2, 0) is 9.53 Å². The van der Waals surface area contributed by atoms with Gasteiger partial charge in [0.15, 0.2) is 0 Å². The first kappa shape index (κ1) is 26.0. The van der Waals surface area contributed by atoms with E-state index in [-0.39, 0.29) is 17.0 Å². The molecule has 1 aromatic heterocycles. The van der Waals surface area contributed by atoms with E-state index in [1.54, 1.807) is 19.3 Å². The van der Waals surface area contributed by atoms with E-state index in [4.69, 9.17) is 16.3 Å². The third kappa shape index (κ3) is 6.19. The van der Waals surface area contributed by atoms with Crippen molar-refractivity contribution >= 4 is 45.6 Å². The molecule has 2 N–H and O–H groups in total. The number of carbonyl (C=O) groups excluding carboxylic acids is 1. The Balaban J connectivity index is 1.58. The summed E-state index contributed by atoms with van der Waals surface area (Å²) >= 11 is 5.94. The van der Waals surface area contributed by atoms with Gasteiger partial charge in [0.25, 0.3) is 0 Å². The number of halogens is 2. The molecule has 1 saturated carbocycles. The Morgan fingerprint density at radius 3 is 2.81 bits per heavy atom. The zero-order valence-electron chi connectivity index (χ0n) is 20.7. The molecule has 4 rings (SSSR count). The molecule has 0 radical (unpaired) electrons. The van der Waals surface area contributed by atoms with Gasteiger partial charge in [0, 0.05) is 42.5 Å². The van der Waals surface area contributed by atoms with Gasteiger partial charge < -0.3 is 15.4 Å². The van der Waals surface area contributed by atoms with E-state index >= 15 is 0 Å². The number of hydrogen-bond acceptors (Lipinski definition) is 6. The van der Waals surface area contributed by atoms with Gasteiger partial charge >= 0.3 is 0 Å². The van der Waals surface area contributed by atoms with Gasteiger partial charge in [-0.25, -0.2) is 14.4 Å². The van der Waals surface area contributed by atoms with Crippen molar-refractivity contribution in [2.45, 2.75) is 38.1 Å². The predicted octanol–water partition coefficient (Wildman–Crippen LogP) is 5.89. The number of benzene rings is 2. The SMILES string of the molecule is COC[C@H](C)N(C)CC=CC(=O)Nc1cc2c(Nc3ccc(F)c(Cl)c3)ncnc2cc1C1CCC1. The second kappa shape index (κ2) is 11.8. The first-order valence-corrected chi connectivity index (χ1v) is 12.4. The van der Waals surface area contributed by atoms with Crippen LogP contribution in [0.3, 0.4) is 0 Å². The number of methoxy groups -OCH3 is 1. The molecule has 3 aromatic rings. The molecular weight excluding hydrogens is 481 g/mol. The van der Waals surface area contributed by atoms with E-state index < -0.39 is 5.82 Å². The fourth-order valence-corrected chi connectivity index (χ4v) is 4.32. The molecule has 0 bridgehead atoms. The van der Waals surface area contributed by atoms with Crippen molar-refractivity contribution in [3.63, 3.8) is 0 Å². The number of rotatable bonds is 10. The minimum Gasteiger partial charge on any atom is -0.383 e. The normalized spacial score (nSPS) is 14.8. The highest BCUT2D eigenvalue weighted by Crippen LogP contribution is 2.42. The number of fused-ring (bicyclic) bond motifs is 1. The summed E-state index contributed by atoms with van der Waals surface area (Å²) < 4.78 is 18.8. The number of nitrogens with zero attached hydrogens (tertiary/aromatic N) is 3. The Morgan fingerprint density at radius 2 is 2.11 bits per heavy atom. The largest absolute Gasteiger partial charge is 0.383 e. The maximum atomic E-state index is 13.6. The van der Waals surface area contributed by atoms with Gasteiger partial charge in [-0.15, -0.1) is 0 Å². The van der Waals surface area contributed by atoms with Gasteiger partial charge in [-0.2, -0.15) is 0 Å². The lowest BCUT2D eigenvalue weighted by atomic mass is 9.79. The number of ether oxygens (including phenoxy) is 1. The van der Waals surface area contributed by atoms with Gasteiger partial charge in [-0.3, -0.25) is 9.69 Å². The molecule has 9 heteroatoms. The van der Waals surface area contributed by atoms with Crippen LogP contribution in [0.15, 0.2) is 48.8 Å². The number of aromatic nitrogens is 2. The lowest BCUT2D eigenvalue weighted by Crippen LogP contribution is -2.32. The minimum absolute atomic E-state index is 0.0210. The Bertz CT molecular complexity index is 1260. The lowest BCUT2D eigenvalue weighted by Gasteiger charge is -2.28. The van der Waals surface area contributed by atoms with Crippen LogP contribution in [0.4, 0.5) is 21.6 Å². The second-order valence-electron chi connectivity index (χ2n) is 9.20. The van der Waals surface area contributed by atoms with E-state index in [0.29, 0.717) is 30.6 Å².